The Balaban J connectivity index is 1.61. The van der Waals surface area contributed by atoms with Crippen LogP contribution in [0.25, 0.3) is 11.0 Å². The molecule has 3 aliphatic rings. The average Bonchev–Trinajstić information content (AvgIpc) is 3.32. The molecule has 6 rings (SSSR count). The van der Waals surface area contributed by atoms with Crippen LogP contribution >= 0.6 is 34.2 Å². The molecule has 41 heavy (non-hydrogen) atoms. The summed E-state index contributed by atoms with van der Waals surface area (Å²) in [5.74, 6) is -1.12. The van der Waals surface area contributed by atoms with Gasteiger partial charge in [0.2, 0.25) is 5.96 Å². The van der Waals surface area contributed by atoms with Crippen LogP contribution in [0.15, 0.2) is 57.6 Å². The van der Waals surface area contributed by atoms with Crippen LogP contribution in [0.2, 0.25) is 0 Å². The molecule has 2 bridgehead atoms. The molecule has 3 aliphatic carbocycles. The summed E-state index contributed by atoms with van der Waals surface area (Å²) in [5, 5.41) is 3.12. The van der Waals surface area contributed by atoms with Crippen LogP contribution in [0.4, 0.5) is 4.39 Å². The summed E-state index contributed by atoms with van der Waals surface area (Å²) in [6.07, 6.45) is 5.94. The van der Waals surface area contributed by atoms with Gasteiger partial charge in [0.15, 0.2) is 9.15 Å². The van der Waals surface area contributed by atoms with E-state index in [1.54, 1.807) is 12.1 Å². The Morgan fingerprint density at radius 3 is 2.54 bits per heavy atom. The Bertz CT molecular complexity index is 1640. The van der Waals surface area contributed by atoms with Crippen LogP contribution in [0.1, 0.15) is 36.8 Å². The average molecular weight is 715 g/mol. The Morgan fingerprint density at radius 1 is 1.24 bits per heavy atom. The fourth-order valence-electron chi connectivity index (χ4n) is 5.85. The van der Waals surface area contributed by atoms with Crippen molar-refractivity contribution in [2.24, 2.45) is 33.5 Å². The number of nitrogens with one attached hydrogen (secondary N) is 1. The summed E-state index contributed by atoms with van der Waals surface area (Å²) in [6, 6.07) is 7.11. The zero-order valence-electron chi connectivity index (χ0n) is 22.3. The van der Waals surface area contributed by atoms with Crippen LogP contribution in [-0.2, 0) is 19.6 Å². The molecule has 10 nitrogen and oxygen atoms in total. The molecular weight excluding hydrogens is 686 g/mol. The highest BCUT2D eigenvalue weighted by atomic mass is 127. The molecule has 218 valence electrons. The van der Waals surface area contributed by atoms with Gasteiger partial charge in [0.25, 0.3) is 10.0 Å². The van der Waals surface area contributed by atoms with Crippen LogP contribution < -0.4 is 11.1 Å². The summed E-state index contributed by atoms with van der Waals surface area (Å²) in [7, 11) is -2.73. The number of carbonyl (C=O) groups is 1. The van der Waals surface area contributed by atoms with E-state index in [4.69, 9.17) is 27.1 Å². The molecule has 3 fully saturated rings. The normalized spacial score (nSPS) is 23.9. The maximum atomic E-state index is 14.3. The van der Waals surface area contributed by atoms with Gasteiger partial charge in [-0.1, -0.05) is 29.3 Å². The maximum absolute atomic E-state index is 14.3. The van der Waals surface area contributed by atoms with Gasteiger partial charge in [-0.05, 0) is 85.2 Å². The van der Waals surface area contributed by atoms with Crippen LogP contribution in [0.5, 0.6) is 0 Å². The van der Waals surface area contributed by atoms with Crippen molar-refractivity contribution >= 4 is 73.0 Å². The minimum absolute atomic E-state index is 0.00831. The van der Waals surface area contributed by atoms with Gasteiger partial charge in [0.1, 0.15) is 11.7 Å². The molecular formula is C27H29ClFIN6O4S. The number of alkyl halides is 2. The second kappa shape index (κ2) is 11.8. The van der Waals surface area contributed by atoms with Gasteiger partial charge in [-0.25, -0.2) is 26.8 Å². The van der Waals surface area contributed by atoms with Crippen molar-refractivity contribution in [2.45, 2.75) is 47.1 Å². The first kappa shape index (κ1) is 29.7. The minimum Gasteiger partial charge on any atom is -0.469 e. The van der Waals surface area contributed by atoms with Crippen molar-refractivity contribution in [2.75, 3.05) is 7.11 Å². The van der Waals surface area contributed by atoms with Crippen molar-refractivity contribution in [1.29, 1.82) is 0 Å². The fraction of sp³-hybridized carbons (Fsp3) is 0.407. The number of aryl methyl sites for hydroxylation is 1. The highest BCUT2D eigenvalue weighted by Gasteiger charge is 2.48. The topological polar surface area (TPSA) is 141 Å². The number of hydrogen-bond donors (Lipinski definition) is 2. The molecule has 14 heteroatoms. The molecule has 0 saturated heterocycles. The summed E-state index contributed by atoms with van der Waals surface area (Å²) < 4.78 is 46.9. The number of guanidine groups is 1. The summed E-state index contributed by atoms with van der Waals surface area (Å²) >= 11 is 8.17. The number of ether oxygens (including phenoxy) is 1. The number of nitrogens with zero attached hydrogens (tertiary/aromatic N) is 4. The monoisotopic (exact) mass is 714 g/mol. The number of halogens is 3. The van der Waals surface area contributed by atoms with E-state index >= 15 is 0 Å². The number of esters is 1. The lowest BCUT2D eigenvalue weighted by atomic mass is 9.62. The Hall–Kier alpha value is -2.78. The zero-order chi connectivity index (χ0) is 29.5. The first-order chi connectivity index (χ1) is 19.5. The van der Waals surface area contributed by atoms with Gasteiger partial charge in [0, 0.05) is 17.1 Å². The number of carbonyl (C=O) groups excluding carboxylic acids is 1. The molecule has 0 amide bonds. The third kappa shape index (κ3) is 5.93. The highest BCUT2D eigenvalue weighted by Crippen LogP contribution is 2.47. The molecule has 2 aromatic heterocycles. The molecule has 0 radical (unpaired) electrons. The van der Waals surface area contributed by atoms with E-state index < -0.39 is 25.3 Å². The predicted molar refractivity (Wildman–Crippen MR) is 163 cm³/mol. The SMILES string of the molecule is COC(=O)[C@H]1C2CCC(CC2)[C@H]1N=C(N=C(N)c1cn(S(=O)(=O)c2ccc(C)cc2)c2ncc(F)cc12)NC(Cl)I. The van der Waals surface area contributed by atoms with Crippen LogP contribution in [-0.4, -0.2) is 51.8 Å². The van der Waals surface area contributed by atoms with E-state index in [0.717, 1.165) is 47.5 Å². The first-order valence-electron chi connectivity index (χ1n) is 13.0. The lowest BCUT2D eigenvalue weighted by Gasteiger charge is -2.45. The number of aromatic nitrogens is 2. The number of nitrogens with two attached hydrogens (primary N) is 1. The van der Waals surface area contributed by atoms with E-state index in [-0.39, 0.29) is 57.1 Å². The van der Waals surface area contributed by atoms with Crippen molar-refractivity contribution in [3.05, 3.63) is 59.7 Å². The standard InChI is InChI=1S/C27H29ClFIN6O4S/c1-14-3-9-18(10-4-14)41(38,39)36-13-20(19-11-17(29)12-32-24(19)36)23(31)34-27(35-26(28)30)33-22-16-7-5-15(6-8-16)21(22)25(37)40-2/h3-4,9-13,15-16,21-22,26H,5-8H2,1-2H3,(H3,31,33,34,35)/t15?,16?,21-,22+,26?/m0/s1. The molecule has 3 atom stereocenters. The highest BCUT2D eigenvalue weighted by molar-refractivity contribution is 14.1. The molecule has 3 N–H and O–H groups in total. The first-order valence-corrected chi connectivity index (χ1v) is 16.2. The molecule has 2 heterocycles. The second-order valence-corrected chi connectivity index (χ2v) is 14.5. The minimum atomic E-state index is -4.10. The molecule has 0 spiro atoms. The van der Waals surface area contributed by atoms with E-state index in [0.29, 0.717) is 0 Å². The fourth-order valence-corrected chi connectivity index (χ4v) is 7.55. The molecule has 0 aliphatic heterocycles. The van der Waals surface area contributed by atoms with Crippen molar-refractivity contribution in [3.8, 4) is 0 Å². The maximum Gasteiger partial charge on any atom is 0.311 e. The number of amidine groups is 1. The summed E-state index contributed by atoms with van der Waals surface area (Å²) in [6.45, 7) is 1.85. The van der Waals surface area contributed by atoms with Crippen LogP contribution in [0, 0.1) is 30.5 Å². The lowest BCUT2D eigenvalue weighted by Crippen LogP contribution is -2.48. The molecule has 3 saturated carbocycles. The van der Waals surface area contributed by atoms with E-state index in [1.807, 2.05) is 29.5 Å². The predicted octanol–water partition coefficient (Wildman–Crippen LogP) is 4.31. The van der Waals surface area contributed by atoms with Gasteiger partial charge in [-0.2, -0.15) is 4.99 Å². The van der Waals surface area contributed by atoms with E-state index in [2.05, 4.69) is 15.3 Å². The third-order valence-corrected chi connectivity index (χ3v) is 9.90. The van der Waals surface area contributed by atoms with Gasteiger partial charge in [-0.15, -0.1) is 0 Å². The van der Waals surface area contributed by atoms with Gasteiger partial charge in [0.05, 0.1) is 30.2 Å². The Morgan fingerprint density at radius 2 is 1.90 bits per heavy atom. The van der Waals surface area contributed by atoms with E-state index in [9.17, 15) is 17.6 Å². The third-order valence-electron chi connectivity index (χ3n) is 7.82. The number of pyridine rings is 1. The Labute approximate surface area is 255 Å². The van der Waals surface area contributed by atoms with Crippen molar-refractivity contribution < 1.29 is 22.3 Å². The number of hydrogen-bond acceptors (Lipinski definition) is 6. The second-order valence-electron chi connectivity index (χ2n) is 10.3. The molecule has 1 unspecified atom stereocenters. The number of benzene rings is 1. The van der Waals surface area contributed by atoms with Gasteiger partial charge >= 0.3 is 5.97 Å². The lowest BCUT2D eigenvalue weighted by molar-refractivity contribution is -0.152. The van der Waals surface area contributed by atoms with Gasteiger partial charge in [-0.3, -0.25) is 4.79 Å². The molecule has 1 aromatic carbocycles. The number of methoxy groups -OCH3 is 1. The number of fused-ring (bicyclic) bond motifs is 4. The Kier molecular flexibility index (Phi) is 8.58. The quantitative estimate of drug-likeness (QED) is 0.0969. The number of aliphatic imine (C=N–C) groups is 2. The zero-order valence-corrected chi connectivity index (χ0v) is 26.0. The largest absolute Gasteiger partial charge is 0.469 e. The van der Waals surface area contributed by atoms with Crippen LogP contribution in [0.3, 0.4) is 0 Å². The van der Waals surface area contributed by atoms with E-state index in [1.165, 1.54) is 25.4 Å². The van der Waals surface area contributed by atoms with Crippen molar-refractivity contribution in [1.82, 2.24) is 14.3 Å². The smallest absolute Gasteiger partial charge is 0.311 e. The molecule has 3 aromatic rings. The van der Waals surface area contributed by atoms with Gasteiger partial charge < -0.3 is 15.8 Å². The summed E-state index contributed by atoms with van der Waals surface area (Å²) in [4.78, 5) is 26.1. The van der Waals surface area contributed by atoms with Crippen molar-refractivity contribution in [3.63, 3.8) is 0 Å². The summed E-state index contributed by atoms with van der Waals surface area (Å²) in [5.41, 5.74) is 7.47. The number of rotatable bonds is 6.